The van der Waals surface area contributed by atoms with E-state index in [0.717, 1.165) is 32.6 Å². The average Bonchev–Trinajstić information content (AvgIpc) is 3.09. The fourth-order valence-corrected chi connectivity index (χ4v) is 4.31. The number of aliphatic hydroxyl groups is 1. The van der Waals surface area contributed by atoms with Gasteiger partial charge in [0.2, 0.25) is 0 Å². The molecule has 116 valence electrons. The molecule has 2 atom stereocenters. The molecule has 0 radical (unpaired) electrons. The Morgan fingerprint density at radius 1 is 1.29 bits per heavy atom. The Kier molecular flexibility index (Phi) is 4.63. The van der Waals surface area contributed by atoms with Gasteiger partial charge in [-0.2, -0.15) is 0 Å². The predicted octanol–water partition coefficient (Wildman–Crippen LogP) is 2.53. The average molecular weight is 288 g/mol. The van der Waals surface area contributed by atoms with Crippen molar-refractivity contribution in [3.05, 3.63) is 35.4 Å². The van der Waals surface area contributed by atoms with Crippen molar-refractivity contribution in [2.24, 2.45) is 5.92 Å². The molecular weight excluding hydrogens is 260 g/mol. The maximum absolute atomic E-state index is 9.88. The molecule has 0 bridgehead atoms. The van der Waals surface area contributed by atoms with Crippen molar-refractivity contribution < 1.29 is 5.11 Å². The van der Waals surface area contributed by atoms with E-state index >= 15 is 0 Å². The van der Waals surface area contributed by atoms with Gasteiger partial charge in [-0.05, 0) is 49.4 Å². The van der Waals surface area contributed by atoms with E-state index in [-0.39, 0.29) is 12.1 Å². The maximum atomic E-state index is 9.88. The summed E-state index contributed by atoms with van der Waals surface area (Å²) >= 11 is 0. The molecule has 3 rings (SSSR count). The van der Waals surface area contributed by atoms with Gasteiger partial charge >= 0.3 is 0 Å². The van der Waals surface area contributed by atoms with E-state index in [2.05, 4.69) is 41.4 Å². The van der Waals surface area contributed by atoms with Crippen LogP contribution in [0.4, 0.5) is 0 Å². The Hall–Kier alpha value is -0.900. The quantitative estimate of drug-likeness (QED) is 0.844. The highest BCUT2D eigenvalue weighted by Crippen LogP contribution is 2.38. The van der Waals surface area contributed by atoms with Crippen molar-refractivity contribution in [3.63, 3.8) is 0 Å². The summed E-state index contributed by atoms with van der Waals surface area (Å²) < 4.78 is 0. The van der Waals surface area contributed by atoms with Gasteiger partial charge in [0.1, 0.15) is 0 Å². The molecule has 1 fully saturated rings. The Balaban J connectivity index is 1.56. The molecule has 1 aliphatic carbocycles. The molecule has 1 aromatic rings. The number of fused-ring (bicyclic) bond motifs is 1. The van der Waals surface area contributed by atoms with E-state index in [1.54, 1.807) is 0 Å². The molecule has 0 spiro atoms. The Labute approximate surface area is 128 Å². The standard InChI is InChI=1S/C18H28N2O/c1-2-19-18(14-21)10-5-8-17(18)9-11-20-12-15-6-3-4-7-16(15)13-20/h3-4,6-7,17,19,21H,2,5,8-14H2,1H3. The lowest BCUT2D eigenvalue weighted by Crippen LogP contribution is -2.51. The van der Waals surface area contributed by atoms with Crippen LogP contribution in [-0.2, 0) is 13.1 Å². The lowest BCUT2D eigenvalue weighted by Gasteiger charge is -2.35. The normalized spacial score (nSPS) is 29.0. The van der Waals surface area contributed by atoms with Gasteiger partial charge in [-0.3, -0.25) is 4.90 Å². The molecule has 2 aliphatic rings. The largest absolute Gasteiger partial charge is 0.394 e. The van der Waals surface area contributed by atoms with Crippen molar-refractivity contribution in [2.75, 3.05) is 19.7 Å². The number of nitrogens with zero attached hydrogens (tertiary/aromatic N) is 1. The molecule has 0 saturated heterocycles. The van der Waals surface area contributed by atoms with Crippen molar-refractivity contribution in [1.29, 1.82) is 0 Å². The summed E-state index contributed by atoms with van der Waals surface area (Å²) in [5.74, 6) is 0.617. The highest BCUT2D eigenvalue weighted by atomic mass is 16.3. The first kappa shape index (κ1) is 15.0. The molecule has 1 saturated carbocycles. The highest BCUT2D eigenvalue weighted by Gasteiger charge is 2.41. The monoisotopic (exact) mass is 288 g/mol. The van der Waals surface area contributed by atoms with Crippen LogP contribution in [0.25, 0.3) is 0 Å². The number of nitrogens with one attached hydrogen (secondary N) is 1. The Morgan fingerprint density at radius 3 is 2.62 bits per heavy atom. The summed E-state index contributed by atoms with van der Waals surface area (Å²) in [7, 11) is 0. The van der Waals surface area contributed by atoms with Crippen LogP contribution < -0.4 is 5.32 Å². The van der Waals surface area contributed by atoms with E-state index in [0.29, 0.717) is 5.92 Å². The lowest BCUT2D eigenvalue weighted by atomic mass is 9.85. The molecule has 2 unspecified atom stereocenters. The fraction of sp³-hybridized carbons (Fsp3) is 0.667. The van der Waals surface area contributed by atoms with Crippen molar-refractivity contribution in [2.45, 2.75) is 51.2 Å². The van der Waals surface area contributed by atoms with Gasteiger partial charge in [0.05, 0.1) is 6.61 Å². The Bertz CT molecular complexity index is 451. The Morgan fingerprint density at radius 2 is 2.00 bits per heavy atom. The van der Waals surface area contributed by atoms with Gasteiger partial charge in [-0.1, -0.05) is 37.6 Å². The second kappa shape index (κ2) is 6.47. The molecule has 21 heavy (non-hydrogen) atoms. The van der Waals surface area contributed by atoms with Crippen LogP contribution in [0.1, 0.15) is 43.7 Å². The molecule has 1 aliphatic heterocycles. The van der Waals surface area contributed by atoms with Crippen LogP contribution in [0.2, 0.25) is 0 Å². The zero-order valence-electron chi connectivity index (χ0n) is 13.1. The first-order chi connectivity index (χ1) is 10.3. The minimum absolute atomic E-state index is 0.0126. The van der Waals surface area contributed by atoms with Gasteiger partial charge in [0.15, 0.2) is 0 Å². The van der Waals surface area contributed by atoms with E-state index in [9.17, 15) is 5.11 Å². The lowest BCUT2D eigenvalue weighted by molar-refractivity contribution is 0.112. The number of benzene rings is 1. The SMILES string of the molecule is CCNC1(CO)CCCC1CCN1Cc2ccccc2C1. The molecule has 2 N–H and O–H groups in total. The molecule has 1 heterocycles. The van der Waals surface area contributed by atoms with Crippen LogP contribution in [0.15, 0.2) is 24.3 Å². The molecule has 0 amide bonds. The van der Waals surface area contributed by atoms with Gasteiger partial charge in [-0.15, -0.1) is 0 Å². The first-order valence-corrected chi connectivity index (χ1v) is 8.42. The number of likely N-dealkylation sites (N-methyl/N-ethyl adjacent to an activating group) is 1. The zero-order valence-corrected chi connectivity index (χ0v) is 13.1. The smallest absolute Gasteiger partial charge is 0.0616 e. The summed E-state index contributed by atoms with van der Waals surface area (Å²) in [4.78, 5) is 2.55. The molecule has 3 nitrogen and oxygen atoms in total. The minimum Gasteiger partial charge on any atom is -0.394 e. The highest BCUT2D eigenvalue weighted by molar-refractivity contribution is 5.30. The van der Waals surface area contributed by atoms with Crippen molar-refractivity contribution in [3.8, 4) is 0 Å². The van der Waals surface area contributed by atoms with Gasteiger partial charge < -0.3 is 10.4 Å². The van der Waals surface area contributed by atoms with E-state index in [1.807, 2.05) is 0 Å². The number of aliphatic hydroxyl groups excluding tert-OH is 1. The van der Waals surface area contributed by atoms with E-state index < -0.39 is 0 Å². The summed E-state index contributed by atoms with van der Waals surface area (Å²) in [6.07, 6.45) is 4.83. The van der Waals surface area contributed by atoms with Crippen LogP contribution in [0.3, 0.4) is 0 Å². The second-order valence-corrected chi connectivity index (χ2v) is 6.70. The maximum Gasteiger partial charge on any atom is 0.0616 e. The zero-order chi connectivity index (χ0) is 14.7. The third-order valence-corrected chi connectivity index (χ3v) is 5.47. The summed E-state index contributed by atoms with van der Waals surface area (Å²) in [6.45, 7) is 6.71. The third kappa shape index (κ3) is 3.01. The van der Waals surface area contributed by atoms with Gasteiger partial charge in [0.25, 0.3) is 0 Å². The van der Waals surface area contributed by atoms with Crippen LogP contribution >= 0.6 is 0 Å². The van der Waals surface area contributed by atoms with Gasteiger partial charge in [-0.25, -0.2) is 0 Å². The van der Waals surface area contributed by atoms with Crippen molar-refractivity contribution >= 4 is 0 Å². The number of rotatable bonds is 6. The van der Waals surface area contributed by atoms with E-state index in [4.69, 9.17) is 0 Å². The topological polar surface area (TPSA) is 35.5 Å². The minimum atomic E-state index is -0.0126. The summed E-state index contributed by atoms with van der Waals surface area (Å²) in [5.41, 5.74) is 2.97. The van der Waals surface area contributed by atoms with Crippen molar-refractivity contribution in [1.82, 2.24) is 10.2 Å². The molecule has 1 aromatic carbocycles. The predicted molar refractivity (Wildman–Crippen MR) is 86.0 cm³/mol. The number of hydrogen-bond acceptors (Lipinski definition) is 3. The molecular formula is C18H28N2O. The van der Waals surface area contributed by atoms with Gasteiger partial charge in [0, 0.05) is 18.6 Å². The molecule has 3 heteroatoms. The molecule has 0 aromatic heterocycles. The summed E-state index contributed by atoms with van der Waals surface area (Å²) in [6, 6.07) is 8.78. The van der Waals surface area contributed by atoms with Crippen LogP contribution in [0, 0.1) is 5.92 Å². The third-order valence-electron chi connectivity index (χ3n) is 5.47. The van der Waals surface area contributed by atoms with Crippen LogP contribution in [0.5, 0.6) is 0 Å². The number of hydrogen-bond donors (Lipinski definition) is 2. The van der Waals surface area contributed by atoms with E-state index in [1.165, 1.54) is 30.4 Å². The second-order valence-electron chi connectivity index (χ2n) is 6.70. The summed E-state index contributed by atoms with van der Waals surface area (Å²) in [5, 5.41) is 13.5. The fourth-order valence-electron chi connectivity index (χ4n) is 4.31. The van der Waals surface area contributed by atoms with Crippen LogP contribution in [-0.4, -0.2) is 35.2 Å². The first-order valence-electron chi connectivity index (χ1n) is 8.42.